The van der Waals surface area contributed by atoms with E-state index in [1.807, 2.05) is 0 Å². The number of rotatable bonds is 6. The molecule has 2 unspecified atom stereocenters. The van der Waals surface area contributed by atoms with E-state index in [-0.39, 0.29) is 12.1 Å². The lowest BCUT2D eigenvalue weighted by Gasteiger charge is -2.34. The first-order valence-electron chi connectivity index (χ1n) is 8.77. The highest BCUT2D eigenvalue weighted by Gasteiger charge is 2.28. The van der Waals surface area contributed by atoms with E-state index in [1.165, 1.54) is 32.4 Å². The number of likely N-dealkylation sites (tertiary alicyclic amines) is 1. The molecule has 1 saturated heterocycles. The summed E-state index contributed by atoms with van der Waals surface area (Å²) in [6.45, 7) is 17.3. The molecular formula is C18H38N2O. The molecule has 0 saturated carbocycles. The Kier molecular flexibility index (Phi) is 7.15. The topological polar surface area (TPSA) is 35.5 Å². The molecule has 0 bridgehead atoms. The molecule has 3 nitrogen and oxygen atoms in total. The first kappa shape index (κ1) is 18.9. The fourth-order valence-electron chi connectivity index (χ4n) is 3.54. The zero-order chi connectivity index (χ0) is 16.1. The van der Waals surface area contributed by atoms with Crippen LogP contribution in [0.15, 0.2) is 0 Å². The first-order valence-corrected chi connectivity index (χ1v) is 8.77. The van der Waals surface area contributed by atoms with Crippen molar-refractivity contribution >= 4 is 0 Å². The van der Waals surface area contributed by atoms with E-state index < -0.39 is 0 Å². The lowest BCUT2D eigenvalue weighted by atomic mass is 9.77. The average molecular weight is 299 g/mol. The van der Waals surface area contributed by atoms with Crippen LogP contribution in [0.2, 0.25) is 0 Å². The molecule has 0 radical (unpaired) electrons. The van der Waals surface area contributed by atoms with Crippen LogP contribution in [0, 0.1) is 11.3 Å². The van der Waals surface area contributed by atoms with E-state index in [2.05, 4.69) is 51.8 Å². The average Bonchev–Trinajstić information content (AvgIpc) is 2.60. The van der Waals surface area contributed by atoms with Crippen molar-refractivity contribution in [3.05, 3.63) is 0 Å². The molecule has 2 N–H and O–H groups in total. The quantitative estimate of drug-likeness (QED) is 0.790. The Labute approximate surface area is 132 Å². The van der Waals surface area contributed by atoms with Crippen molar-refractivity contribution in [3.63, 3.8) is 0 Å². The molecule has 21 heavy (non-hydrogen) atoms. The third-order valence-corrected chi connectivity index (χ3v) is 5.01. The van der Waals surface area contributed by atoms with Crippen molar-refractivity contribution in [1.82, 2.24) is 10.2 Å². The molecular weight excluding hydrogens is 260 g/mol. The Morgan fingerprint density at radius 2 is 1.81 bits per heavy atom. The molecule has 0 aromatic carbocycles. The maximum absolute atomic E-state index is 9.69. The third kappa shape index (κ3) is 6.66. The highest BCUT2D eigenvalue weighted by atomic mass is 16.3. The van der Waals surface area contributed by atoms with Gasteiger partial charge < -0.3 is 15.3 Å². The smallest absolute Gasteiger partial charge is 0.0611 e. The molecule has 1 fully saturated rings. The van der Waals surface area contributed by atoms with Crippen LogP contribution < -0.4 is 5.32 Å². The molecule has 126 valence electrons. The molecule has 0 spiro atoms. The second-order valence-electron chi connectivity index (χ2n) is 8.60. The summed E-state index contributed by atoms with van der Waals surface area (Å²) in [6, 6.07) is 0.413. The summed E-state index contributed by atoms with van der Waals surface area (Å²) >= 11 is 0. The molecule has 0 aromatic rings. The van der Waals surface area contributed by atoms with Gasteiger partial charge in [-0.15, -0.1) is 0 Å². The van der Waals surface area contributed by atoms with E-state index in [9.17, 15) is 5.11 Å². The molecule has 0 aromatic heterocycles. The lowest BCUT2D eigenvalue weighted by Crippen LogP contribution is -2.51. The van der Waals surface area contributed by atoms with E-state index in [4.69, 9.17) is 0 Å². The second-order valence-corrected chi connectivity index (χ2v) is 8.60. The van der Waals surface area contributed by atoms with Crippen molar-refractivity contribution in [2.45, 2.75) is 78.8 Å². The Hall–Kier alpha value is -0.120. The van der Waals surface area contributed by atoms with Gasteiger partial charge in [0.2, 0.25) is 0 Å². The summed E-state index contributed by atoms with van der Waals surface area (Å²) in [7, 11) is 0. The molecule has 1 aliphatic heterocycles. The second kappa shape index (κ2) is 7.94. The fraction of sp³-hybridized carbons (Fsp3) is 1.00. The predicted molar refractivity (Wildman–Crippen MR) is 91.6 cm³/mol. The van der Waals surface area contributed by atoms with Crippen LogP contribution in [0.5, 0.6) is 0 Å². The van der Waals surface area contributed by atoms with Gasteiger partial charge in [-0.2, -0.15) is 0 Å². The zero-order valence-electron chi connectivity index (χ0n) is 15.2. The molecule has 0 aliphatic carbocycles. The van der Waals surface area contributed by atoms with Gasteiger partial charge in [0.25, 0.3) is 0 Å². The summed E-state index contributed by atoms with van der Waals surface area (Å²) in [5.41, 5.74) is 0.290. The monoisotopic (exact) mass is 298 g/mol. The van der Waals surface area contributed by atoms with Gasteiger partial charge in [0, 0.05) is 11.6 Å². The molecule has 3 heteroatoms. The number of nitrogens with one attached hydrogen (secondary N) is 1. The van der Waals surface area contributed by atoms with Crippen LogP contribution in [-0.2, 0) is 0 Å². The van der Waals surface area contributed by atoms with Crippen LogP contribution in [-0.4, -0.2) is 47.8 Å². The van der Waals surface area contributed by atoms with Crippen LogP contribution in [0.25, 0.3) is 0 Å². The van der Waals surface area contributed by atoms with Crippen molar-refractivity contribution in [1.29, 1.82) is 0 Å². The van der Waals surface area contributed by atoms with Crippen molar-refractivity contribution < 1.29 is 5.11 Å². The molecule has 1 aliphatic rings. The normalized spacial score (nSPS) is 24.9. The molecule has 0 amide bonds. The predicted octanol–water partition coefficient (Wildman–Crippen LogP) is 3.27. The van der Waals surface area contributed by atoms with Crippen LogP contribution >= 0.6 is 0 Å². The maximum atomic E-state index is 9.69. The van der Waals surface area contributed by atoms with Crippen molar-refractivity contribution in [2.75, 3.05) is 26.2 Å². The Morgan fingerprint density at radius 1 is 1.14 bits per heavy atom. The van der Waals surface area contributed by atoms with Gasteiger partial charge in [0.1, 0.15) is 0 Å². The van der Waals surface area contributed by atoms with Crippen molar-refractivity contribution in [2.24, 2.45) is 11.3 Å². The summed E-state index contributed by atoms with van der Waals surface area (Å²) in [5.74, 6) is 0.848. The van der Waals surface area contributed by atoms with Gasteiger partial charge >= 0.3 is 0 Å². The number of hydrogen-bond acceptors (Lipinski definition) is 3. The van der Waals surface area contributed by atoms with E-state index in [1.54, 1.807) is 0 Å². The molecule has 1 heterocycles. The van der Waals surface area contributed by atoms with Gasteiger partial charge in [-0.1, -0.05) is 34.6 Å². The van der Waals surface area contributed by atoms with E-state index in [0.717, 1.165) is 18.9 Å². The number of nitrogens with zero attached hydrogens (tertiary/aromatic N) is 1. The van der Waals surface area contributed by atoms with Gasteiger partial charge in [0.15, 0.2) is 0 Å². The van der Waals surface area contributed by atoms with E-state index in [0.29, 0.717) is 11.5 Å². The summed E-state index contributed by atoms with van der Waals surface area (Å²) in [4.78, 5) is 2.60. The molecule has 2 atom stereocenters. The Balaban J connectivity index is 2.45. The fourth-order valence-corrected chi connectivity index (χ4v) is 3.54. The van der Waals surface area contributed by atoms with E-state index >= 15 is 0 Å². The number of aliphatic hydroxyl groups is 1. The SMILES string of the molecule is CC(C)NC(C)(CO)CCN1CCCC(C(C)(C)C)CC1. The minimum absolute atomic E-state index is 0.149. The van der Waals surface area contributed by atoms with Gasteiger partial charge in [-0.05, 0) is 63.6 Å². The largest absolute Gasteiger partial charge is 0.394 e. The van der Waals surface area contributed by atoms with Crippen LogP contribution in [0.1, 0.15) is 67.2 Å². The Morgan fingerprint density at radius 3 is 2.33 bits per heavy atom. The van der Waals surface area contributed by atoms with Gasteiger partial charge in [-0.3, -0.25) is 0 Å². The minimum atomic E-state index is -0.149. The minimum Gasteiger partial charge on any atom is -0.394 e. The third-order valence-electron chi connectivity index (χ3n) is 5.01. The van der Waals surface area contributed by atoms with Crippen LogP contribution in [0.4, 0.5) is 0 Å². The van der Waals surface area contributed by atoms with Crippen LogP contribution in [0.3, 0.4) is 0 Å². The highest BCUT2D eigenvalue weighted by molar-refractivity contribution is 4.86. The number of hydrogen-bond donors (Lipinski definition) is 2. The molecule has 1 rings (SSSR count). The van der Waals surface area contributed by atoms with Gasteiger partial charge in [0.05, 0.1) is 6.61 Å². The standard InChI is InChI=1S/C18H38N2O/c1-15(2)19-18(6,14-21)10-13-20-11-7-8-16(9-12-20)17(3,4)5/h15-16,19,21H,7-14H2,1-6H3. The summed E-state index contributed by atoms with van der Waals surface area (Å²) < 4.78 is 0. The lowest BCUT2D eigenvalue weighted by molar-refractivity contribution is 0.137. The van der Waals surface area contributed by atoms with Gasteiger partial charge in [-0.25, -0.2) is 0 Å². The zero-order valence-corrected chi connectivity index (χ0v) is 15.2. The maximum Gasteiger partial charge on any atom is 0.0611 e. The summed E-state index contributed by atoms with van der Waals surface area (Å²) in [5, 5.41) is 13.2. The van der Waals surface area contributed by atoms with Crippen molar-refractivity contribution in [3.8, 4) is 0 Å². The first-order chi connectivity index (χ1) is 9.66. The Bertz CT molecular complexity index is 298. The number of aliphatic hydroxyl groups excluding tert-OH is 1. The summed E-state index contributed by atoms with van der Waals surface area (Å²) in [6.07, 6.45) is 5.01. The highest BCUT2D eigenvalue weighted by Crippen LogP contribution is 2.34.